The molecule has 0 saturated heterocycles. The van der Waals surface area contributed by atoms with Crippen molar-refractivity contribution in [3.63, 3.8) is 0 Å². The normalized spacial score (nSPS) is 24.7. The van der Waals surface area contributed by atoms with Gasteiger partial charge >= 0.3 is 0 Å². The highest BCUT2D eigenvalue weighted by atomic mass is 16.5. The summed E-state index contributed by atoms with van der Waals surface area (Å²) < 4.78 is 5.66. The Kier molecular flexibility index (Phi) is 4.03. The second kappa shape index (κ2) is 5.52. The molecule has 0 spiro atoms. The van der Waals surface area contributed by atoms with Crippen LogP contribution in [0.25, 0.3) is 0 Å². The van der Waals surface area contributed by atoms with Crippen molar-refractivity contribution in [3.8, 4) is 0 Å². The number of allylic oxidation sites excluding steroid dienone is 1. The third-order valence-electron chi connectivity index (χ3n) is 3.55. The lowest BCUT2D eigenvalue weighted by atomic mass is 9.96. The zero-order valence-corrected chi connectivity index (χ0v) is 9.37. The first kappa shape index (κ1) is 11.0. The molecular weight excluding hydrogens is 188 g/mol. The number of hydrazine groups is 1. The molecule has 2 rings (SSSR count). The molecule has 3 N–H and O–H groups in total. The number of ether oxygens (including phenoxy) is 1. The van der Waals surface area contributed by atoms with Crippen LogP contribution in [0, 0.1) is 5.92 Å². The minimum absolute atomic E-state index is 0.244. The Bertz CT molecular complexity index is 222. The fourth-order valence-electron chi connectivity index (χ4n) is 2.67. The Morgan fingerprint density at radius 1 is 1.40 bits per heavy atom. The molecule has 1 unspecified atom stereocenters. The second-order valence-corrected chi connectivity index (χ2v) is 4.70. The van der Waals surface area contributed by atoms with Gasteiger partial charge < -0.3 is 4.74 Å². The maximum atomic E-state index is 5.66. The monoisotopic (exact) mass is 210 g/mol. The van der Waals surface area contributed by atoms with Gasteiger partial charge in [-0.1, -0.05) is 25.7 Å². The standard InChI is InChI=1S/C12H22N2O/c13-14-11(9-10-5-1-2-6-10)12-7-3-4-8-15-12/h7,10-11,14H,1-6,8-9,13H2. The van der Waals surface area contributed by atoms with Gasteiger partial charge in [0.05, 0.1) is 12.6 Å². The van der Waals surface area contributed by atoms with Crippen LogP contribution in [0.4, 0.5) is 0 Å². The lowest BCUT2D eigenvalue weighted by Crippen LogP contribution is -2.39. The summed E-state index contributed by atoms with van der Waals surface area (Å²) >= 11 is 0. The van der Waals surface area contributed by atoms with Crippen LogP contribution in [0.15, 0.2) is 11.8 Å². The van der Waals surface area contributed by atoms with E-state index >= 15 is 0 Å². The zero-order chi connectivity index (χ0) is 10.5. The minimum atomic E-state index is 0.244. The average Bonchev–Trinajstić information content (AvgIpc) is 2.80. The Morgan fingerprint density at radius 2 is 2.20 bits per heavy atom. The van der Waals surface area contributed by atoms with E-state index in [2.05, 4.69) is 11.5 Å². The van der Waals surface area contributed by atoms with E-state index in [9.17, 15) is 0 Å². The highest BCUT2D eigenvalue weighted by Crippen LogP contribution is 2.30. The van der Waals surface area contributed by atoms with Gasteiger partial charge in [0.15, 0.2) is 0 Å². The van der Waals surface area contributed by atoms with Crippen LogP contribution in [-0.4, -0.2) is 12.6 Å². The van der Waals surface area contributed by atoms with Gasteiger partial charge in [0, 0.05) is 0 Å². The first-order valence-electron chi connectivity index (χ1n) is 6.19. The van der Waals surface area contributed by atoms with Gasteiger partial charge in [-0.25, -0.2) is 5.43 Å². The van der Waals surface area contributed by atoms with Gasteiger partial charge in [-0.3, -0.25) is 5.84 Å². The first-order chi connectivity index (χ1) is 7.40. The molecule has 3 nitrogen and oxygen atoms in total. The predicted molar refractivity (Wildman–Crippen MR) is 61.0 cm³/mol. The fourth-order valence-corrected chi connectivity index (χ4v) is 2.67. The molecule has 0 aromatic heterocycles. The maximum Gasteiger partial charge on any atom is 0.110 e. The summed E-state index contributed by atoms with van der Waals surface area (Å²) in [5, 5.41) is 0. The van der Waals surface area contributed by atoms with E-state index in [1.165, 1.54) is 25.7 Å². The molecule has 0 radical (unpaired) electrons. The fraction of sp³-hybridized carbons (Fsp3) is 0.833. The second-order valence-electron chi connectivity index (χ2n) is 4.70. The molecule has 1 heterocycles. The van der Waals surface area contributed by atoms with Crippen molar-refractivity contribution in [1.82, 2.24) is 5.43 Å². The van der Waals surface area contributed by atoms with Crippen LogP contribution in [0.5, 0.6) is 0 Å². The van der Waals surface area contributed by atoms with Crippen molar-refractivity contribution in [3.05, 3.63) is 11.8 Å². The smallest absolute Gasteiger partial charge is 0.110 e. The van der Waals surface area contributed by atoms with Gasteiger partial charge in [0.1, 0.15) is 5.76 Å². The summed E-state index contributed by atoms with van der Waals surface area (Å²) in [5.74, 6) is 7.54. The number of nitrogens with two attached hydrogens (primary N) is 1. The third kappa shape index (κ3) is 2.95. The Hall–Kier alpha value is -0.540. The number of rotatable bonds is 4. The SMILES string of the molecule is NNC(CC1CCCC1)C1=CCCCO1. The van der Waals surface area contributed by atoms with Crippen molar-refractivity contribution in [2.45, 2.75) is 51.0 Å². The van der Waals surface area contributed by atoms with E-state index in [0.29, 0.717) is 0 Å². The lowest BCUT2D eigenvalue weighted by Gasteiger charge is -2.25. The molecule has 86 valence electrons. The number of hydrogen-bond acceptors (Lipinski definition) is 3. The van der Waals surface area contributed by atoms with Crippen molar-refractivity contribution in [1.29, 1.82) is 0 Å². The van der Waals surface area contributed by atoms with Gasteiger partial charge in [-0.05, 0) is 31.3 Å². The van der Waals surface area contributed by atoms with Gasteiger partial charge in [0.2, 0.25) is 0 Å². The quantitative estimate of drug-likeness (QED) is 0.552. The highest BCUT2D eigenvalue weighted by Gasteiger charge is 2.23. The van der Waals surface area contributed by atoms with Crippen molar-refractivity contribution in [2.75, 3.05) is 6.61 Å². The minimum Gasteiger partial charge on any atom is -0.497 e. The largest absolute Gasteiger partial charge is 0.497 e. The van der Waals surface area contributed by atoms with Crippen molar-refractivity contribution in [2.24, 2.45) is 11.8 Å². The summed E-state index contributed by atoms with van der Waals surface area (Å²) in [6.45, 7) is 0.856. The molecular formula is C12H22N2O. The van der Waals surface area contributed by atoms with Crippen LogP contribution >= 0.6 is 0 Å². The molecule has 0 aromatic rings. The molecule has 1 aliphatic heterocycles. The highest BCUT2D eigenvalue weighted by molar-refractivity contribution is 5.05. The van der Waals surface area contributed by atoms with Gasteiger partial charge in [-0.15, -0.1) is 0 Å². The third-order valence-corrected chi connectivity index (χ3v) is 3.55. The van der Waals surface area contributed by atoms with E-state index in [4.69, 9.17) is 10.6 Å². The van der Waals surface area contributed by atoms with Gasteiger partial charge in [-0.2, -0.15) is 0 Å². The molecule has 1 fully saturated rings. The van der Waals surface area contributed by atoms with Crippen molar-refractivity contribution >= 4 is 0 Å². The lowest BCUT2D eigenvalue weighted by molar-refractivity contribution is 0.160. The van der Waals surface area contributed by atoms with E-state index in [-0.39, 0.29) is 6.04 Å². The molecule has 1 saturated carbocycles. The van der Waals surface area contributed by atoms with E-state index in [1.807, 2.05) is 0 Å². The number of nitrogens with one attached hydrogen (secondary N) is 1. The molecule has 15 heavy (non-hydrogen) atoms. The molecule has 0 bridgehead atoms. The van der Waals surface area contributed by atoms with E-state index < -0.39 is 0 Å². The van der Waals surface area contributed by atoms with Crippen LogP contribution < -0.4 is 11.3 Å². The molecule has 1 atom stereocenters. The van der Waals surface area contributed by atoms with Crippen molar-refractivity contribution < 1.29 is 4.74 Å². The first-order valence-corrected chi connectivity index (χ1v) is 6.19. The molecule has 1 aliphatic carbocycles. The predicted octanol–water partition coefficient (Wildman–Crippen LogP) is 2.09. The van der Waals surface area contributed by atoms with Crippen LogP contribution in [0.1, 0.15) is 44.9 Å². The topological polar surface area (TPSA) is 47.3 Å². The molecule has 0 aromatic carbocycles. The Balaban J connectivity index is 1.87. The van der Waals surface area contributed by atoms with Crippen LogP contribution in [0.3, 0.4) is 0 Å². The molecule has 3 heteroatoms. The van der Waals surface area contributed by atoms with Gasteiger partial charge in [0.25, 0.3) is 0 Å². The summed E-state index contributed by atoms with van der Waals surface area (Å²) in [7, 11) is 0. The summed E-state index contributed by atoms with van der Waals surface area (Å²) in [4.78, 5) is 0. The molecule has 0 amide bonds. The summed E-state index contributed by atoms with van der Waals surface area (Å²) in [6.07, 6.45) is 11.1. The summed E-state index contributed by atoms with van der Waals surface area (Å²) in [6, 6.07) is 0.244. The summed E-state index contributed by atoms with van der Waals surface area (Å²) in [5.41, 5.74) is 2.91. The van der Waals surface area contributed by atoms with Crippen LogP contribution in [0.2, 0.25) is 0 Å². The Morgan fingerprint density at radius 3 is 2.80 bits per heavy atom. The van der Waals surface area contributed by atoms with E-state index in [1.54, 1.807) is 0 Å². The Labute approximate surface area is 92.0 Å². The molecule has 2 aliphatic rings. The zero-order valence-electron chi connectivity index (χ0n) is 9.37. The number of hydrogen-bond donors (Lipinski definition) is 2. The average molecular weight is 210 g/mol. The maximum absolute atomic E-state index is 5.66. The van der Waals surface area contributed by atoms with E-state index in [0.717, 1.165) is 37.5 Å². The van der Waals surface area contributed by atoms with Crippen LogP contribution in [-0.2, 0) is 4.74 Å².